The van der Waals surface area contributed by atoms with E-state index in [0.717, 1.165) is 16.8 Å². The number of nitrogens with zero attached hydrogens (tertiary/aromatic N) is 4. The molecule has 8 heteroatoms. The first kappa shape index (κ1) is 17.4. The summed E-state index contributed by atoms with van der Waals surface area (Å²) in [6, 6.07) is 6.32. The number of amides is 1. The summed E-state index contributed by atoms with van der Waals surface area (Å²) in [5, 5.41) is 7.44. The van der Waals surface area contributed by atoms with Gasteiger partial charge in [-0.15, -0.1) is 0 Å². The molecule has 0 spiro atoms. The lowest BCUT2D eigenvalue weighted by atomic mass is 10.1. The number of nitrogens with one attached hydrogen (secondary N) is 1. The Labute approximate surface area is 155 Å². The lowest BCUT2D eigenvalue weighted by molar-refractivity contribution is 0.0924. The van der Waals surface area contributed by atoms with Crippen LogP contribution in [0.3, 0.4) is 0 Å². The number of halogens is 1. The third-order valence-electron chi connectivity index (χ3n) is 4.57. The number of hydrogen-bond donors (Lipinski definition) is 1. The van der Waals surface area contributed by atoms with E-state index in [-0.39, 0.29) is 11.7 Å². The average molecular weight is 369 g/mol. The number of aromatic nitrogens is 4. The van der Waals surface area contributed by atoms with E-state index in [1.54, 1.807) is 24.7 Å². The quantitative estimate of drug-likeness (QED) is 0.719. The number of ether oxygens (including phenoxy) is 1. The van der Waals surface area contributed by atoms with Crippen molar-refractivity contribution in [3.05, 3.63) is 71.3 Å². The lowest BCUT2D eigenvalue weighted by Gasteiger charge is -2.15. The second-order valence-corrected chi connectivity index (χ2v) is 6.42. The Hall–Kier alpha value is -3.00. The molecule has 0 atom stereocenters. The first-order valence-corrected chi connectivity index (χ1v) is 8.85. The molecular weight excluding hydrogens is 349 g/mol. The molecule has 0 saturated heterocycles. The summed E-state index contributed by atoms with van der Waals surface area (Å²) in [5.74, 6) is -0.484. The molecule has 1 aromatic carbocycles. The number of hydrogen-bond acceptors (Lipinski definition) is 4. The topological polar surface area (TPSA) is 74.0 Å². The number of fused-ring (bicyclic) bond motifs is 1. The fourth-order valence-corrected chi connectivity index (χ4v) is 3.19. The van der Waals surface area contributed by atoms with Gasteiger partial charge in [0.25, 0.3) is 5.91 Å². The SMILES string of the molecule is O=C(NCCn1ccnc1)c1nn(Cc2ccc(F)cc2)c2c1COCC2. The summed E-state index contributed by atoms with van der Waals surface area (Å²) in [6.45, 7) is 2.59. The van der Waals surface area contributed by atoms with Gasteiger partial charge in [0, 0.05) is 43.2 Å². The van der Waals surface area contributed by atoms with Gasteiger partial charge in [-0.25, -0.2) is 9.37 Å². The molecule has 4 rings (SSSR count). The molecule has 27 heavy (non-hydrogen) atoms. The van der Waals surface area contributed by atoms with E-state index in [2.05, 4.69) is 15.4 Å². The zero-order valence-electron chi connectivity index (χ0n) is 14.8. The largest absolute Gasteiger partial charge is 0.376 e. The highest BCUT2D eigenvalue weighted by atomic mass is 19.1. The molecule has 1 amide bonds. The minimum atomic E-state index is -0.271. The fourth-order valence-electron chi connectivity index (χ4n) is 3.19. The molecule has 0 unspecified atom stereocenters. The van der Waals surface area contributed by atoms with Crippen LogP contribution in [-0.4, -0.2) is 38.4 Å². The molecule has 3 heterocycles. The van der Waals surface area contributed by atoms with Crippen molar-refractivity contribution in [2.75, 3.05) is 13.2 Å². The van der Waals surface area contributed by atoms with Crippen LogP contribution in [0.5, 0.6) is 0 Å². The lowest BCUT2D eigenvalue weighted by Crippen LogP contribution is -2.28. The van der Waals surface area contributed by atoms with Gasteiger partial charge < -0.3 is 14.6 Å². The fraction of sp³-hybridized carbons (Fsp3) is 0.316. The molecule has 2 aromatic heterocycles. The highest BCUT2D eigenvalue weighted by Crippen LogP contribution is 2.22. The molecule has 1 aliphatic rings. The summed E-state index contributed by atoms with van der Waals surface area (Å²) < 4.78 is 22.4. The first-order valence-electron chi connectivity index (χ1n) is 8.85. The Bertz CT molecular complexity index is 918. The molecule has 1 N–H and O–H groups in total. The van der Waals surface area contributed by atoms with Crippen LogP contribution in [0.4, 0.5) is 4.39 Å². The van der Waals surface area contributed by atoms with E-state index >= 15 is 0 Å². The highest BCUT2D eigenvalue weighted by molar-refractivity contribution is 5.94. The van der Waals surface area contributed by atoms with Crippen molar-refractivity contribution in [1.29, 1.82) is 0 Å². The highest BCUT2D eigenvalue weighted by Gasteiger charge is 2.25. The molecule has 0 saturated carbocycles. The number of carbonyl (C=O) groups excluding carboxylic acids is 1. The van der Waals surface area contributed by atoms with E-state index in [1.807, 2.05) is 15.4 Å². The van der Waals surface area contributed by atoms with Crippen molar-refractivity contribution in [2.45, 2.75) is 26.1 Å². The minimum absolute atomic E-state index is 0.213. The van der Waals surface area contributed by atoms with E-state index in [4.69, 9.17) is 4.74 Å². The Morgan fingerprint density at radius 1 is 1.30 bits per heavy atom. The average Bonchev–Trinajstić information content (AvgIpc) is 3.32. The number of imidazole rings is 1. The van der Waals surface area contributed by atoms with Gasteiger partial charge in [-0.3, -0.25) is 9.48 Å². The molecule has 1 aliphatic heterocycles. The number of rotatable bonds is 6. The molecule has 7 nitrogen and oxygen atoms in total. The zero-order valence-corrected chi connectivity index (χ0v) is 14.8. The maximum absolute atomic E-state index is 13.1. The van der Waals surface area contributed by atoms with E-state index < -0.39 is 0 Å². The molecule has 0 radical (unpaired) electrons. The van der Waals surface area contributed by atoms with Crippen LogP contribution in [0, 0.1) is 5.82 Å². The molecule has 0 fully saturated rings. The summed E-state index contributed by atoms with van der Waals surface area (Å²) in [7, 11) is 0. The van der Waals surface area contributed by atoms with Gasteiger partial charge in [0.05, 0.1) is 26.1 Å². The first-order chi connectivity index (χ1) is 13.2. The summed E-state index contributed by atoms with van der Waals surface area (Å²) >= 11 is 0. The van der Waals surface area contributed by atoms with E-state index in [9.17, 15) is 9.18 Å². The van der Waals surface area contributed by atoms with Crippen LogP contribution in [0.1, 0.15) is 27.3 Å². The maximum Gasteiger partial charge on any atom is 0.272 e. The second-order valence-electron chi connectivity index (χ2n) is 6.42. The second kappa shape index (κ2) is 7.71. The predicted octanol–water partition coefficient (Wildman–Crippen LogP) is 1.77. The van der Waals surface area contributed by atoms with Gasteiger partial charge in [-0.1, -0.05) is 12.1 Å². The Morgan fingerprint density at radius 3 is 2.93 bits per heavy atom. The van der Waals surface area contributed by atoms with Crippen LogP contribution >= 0.6 is 0 Å². The summed E-state index contributed by atoms with van der Waals surface area (Å²) in [6.07, 6.45) is 5.96. The third kappa shape index (κ3) is 3.90. The van der Waals surface area contributed by atoms with Crippen molar-refractivity contribution >= 4 is 5.91 Å². The number of benzene rings is 1. The summed E-state index contributed by atoms with van der Waals surface area (Å²) in [4.78, 5) is 16.6. The monoisotopic (exact) mass is 369 g/mol. The van der Waals surface area contributed by atoms with Crippen LogP contribution in [0.15, 0.2) is 43.0 Å². The smallest absolute Gasteiger partial charge is 0.272 e. The van der Waals surface area contributed by atoms with Gasteiger partial charge in [-0.2, -0.15) is 5.10 Å². The third-order valence-corrected chi connectivity index (χ3v) is 4.57. The van der Waals surface area contributed by atoms with Crippen molar-refractivity contribution in [2.24, 2.45) is 0 Å². The molecule has 140 valence electrons. The van der Waals surface area contributed by atoms with E-state index in [0.29, 0.717) is 45.0 Å². The van der Waals surface area contributed by atoms with Crippen molar-refractivity contribution in [3.63, 3.8) is 0 Å². The van der Waals surface area contributed by atoms with Gasteiger partial charge in [0.15, 0.2) is 5.69 Å². The van der Waals surface area contributed by atoms with Crippen molar-refractivity contribution in [1.82, 2.24) is 24.6 Å². The maximum atomic E-state index is 13.1. The van der Waals surface area contributed by atoms with Gasteiger partial charge >= 0.3 is 0 Å². The molecule has 0 bridgehead atoms. The Balaban J connectivity index is 1.50. The summed E-state index contributed by atoms with van der Waals surface area (Å²) in [5.41, 5.74) is 3.17. The zero-order chi connectivity index (χ0) is 18.6. The van der Waals surface area contributed by atoms with Gasteiger partial charge in [0.2, 0.25) is 0 Å². The van der Waals surface area contributed by atoms with Crippen molar-refractivity contribution < 1.29 is 13.9 Å². The molecule has 3 aromatic rings. The molecular formula is C19H20FN5O2. The van der Waals surface area contributed by atoms with Gasteiger partial charge in [0.1, 0.15) is 5.82 Å². The Kier molecular flexibility index (Phi) is 4.97. The molecule has 0 aliphatic carbocycles. The van der Waals surface area contributed by atoms with Crippen molar-refractivity contribution in [3.8, 4) is 0 Å². The predicted molar refractivity (Wildman–Crippen MR) is 95.6 cm³/mol. The van der Waals surface area contributed by atoms with E-state index in [1.165, 1.54) is 12.1 Å². The van der Waals surface area contributed by atoms with Crippen LogP contribution in [-0.2, 0) is 30.9 Å². The van der Waals surface area contributed by atoms with Crippen LogP contribution < -0.4 is 5.32 Å². The van der Waals surface area contributed by atoms with Crippen LogP contribution in [0.2, 0.25) is 0 Å². The Morgan fingerprint density at radius 2 is 2.15 bits per heavy atom. The standard InChI is InChI=1S/C19H20FN5O2/c20-15-3-1-14(2-4-15)11-25-17-5-10-27-12-16(17)18(23-25)19(26)22-7-9-24-8-6-21-13-24/h1-4,6,8,13H,5,7,9-12H2,(H,22,26). The normalized spacial score (nSPS) is 13.4. The van der Waals surface area contributed by atoms with Gasteiger partial charge in [-0.05, 0) is 17.7 Å². The number of carbonyl (C=O) groups is 1. The van der Waals surface area contributed by atoms with Crippen LogP contribution in [0.25, 0.3) is 0 Å². The minimum Gasteiger partial charge on any atom is -0.376 e.